The summed E-state index contributed by atoms with van der Waals surface area (Å²) in [6.45, 7) is 12.7. The molecular weight excluding hydrogens is 979 g/mol. The summed E-state index contributed by atoms with van der Waals surface area (Å²) in [6, 6.07) is 0. The molecule has 0 rings (SSSR count). The summed E-state index contributed by atoms with van der Waals surface area (Å²) in [4.78, 5) is 6.22. The molecule has 5 nitrogen and oxygen atoms in total. The second-order valence-corrected chi connectivity index (χ2v) is 24.5. The average molecular weight is 1120 g/mol. The third kappa shape index (κ3) is 67.5. The van der Waals surface area contributed by atoms with Crippen LogP contribution in [0.25, 0.3) is 0 Å². The molecule has 0 saturated carbocycles. The molecule has 0 spiro atoms. The lowest BCUT2D eigenvalue weighted by atomic mass is 10.1. The Labute approximate surface area is 503 Å². The molecule has 474 valence electrons. The van der Waals surface area contributed by atoms with E-state index in [0.29, 0.717) is 13.2 Å². The van der Waals surface area contributed by atoms with Crippen LogP contribution >= 0.6 is 0 Å². The molecule has 0 fully saturated rings. The van der Waals surface area contributed by atoms with Gasteiger partial charge in [0.25, 0.3) is 0 Å². The maximum absolute atomic E-state index is 6.71. The van der Waals surface area contributed by atoms with Gasteiger partial charge in [-0.25, -0.2) is 0 Å². The number of unbranched alkanes of at least 4 members (excludes halogenated alkanes) is 48. The normalized spacial score (nSPS) is 13.0. The van der Waals surface area contributed by atoms with Crippen molar-refractivity contribution in [3.8, 4) is 0 Å². The Kier molecular flexibility index (Phi) is 72.7. The molecule has 0 saturated heterocycles. The molecule has 80 heavy (non-hydrogen) atoms. The zero-order valence-electron chi connectivity index (χ0n) is 55.0. The molecule has 0 aliphatic heterocycles. The van der Waals surface area contributed by atoms with Crippen LogP contribution in [0.3, 0.4) is 0 Å². The summed E-state index contributed by atoms with van der Waals surface area (Å²) < 4.78 is 19.8. The minimum Gasteiger partial charge on any atom is -0.379 e. The molecule has 0 aromatic heterocycles. The van der Waals surface area contributed by atoms with Crippen LogP contribution in [0.2, 0.25) is 0 Å². The van der Waals surface area contributed by atoms with Crippen molar-refractivity contribution in [3.05, 3.63) is 48.6 Å². The fourth-order valence-electron chi connectivity index (χ4n) is 10.8. The van der Waals surface area contributed by atoms with Gasteiger partial charge in [-0.1, -0.05) is 307 Å². The minimum atomic E-state index is -0.332. The molecule has 0 aromatic rings. The highest BCUT2D eigenvalue weighted by Gasteiger charge is 2.24. The molecule has 2 unspecified atom stereocenters. The van der Waals surface area contributed by atoms with Crippen molar-refractivity contribution in [1.29, 1.82) is 0 Å². The topological polar surface area (TPSA) is 49.0 Å². The molecule has 1 N–H and O–H groups in total. The van der Waals surface area contributed by atoms with Crippen LogP contribution in [0, 0.1) is 0 Å². The van der Waals surface area contributed by atoms with E-state index in [2.05, 4.69) is 81.8 Å². The molecule has 5 heteroatoms. The maximum Gasteiger partial charge on any atom is 0.158 e. The highest BCUT2D eigenvalue weighted by atomic mass is 16.7. The van der Waals surface area contributed by atoms with E-state index in [-0.39, 0.29) is 12.3 Å². The Hall–Kier alpha value is -1.24. The smallest absolute Gasteiger partial charge is 0.158 e. The predicted molar refractivity (Wildman–Crippen MR) is 357 cm³/mol. The molecule has 0 amide bonds. The van der Waals surface area contributed by atoms with Gasteiger partial charge >= 0.3 is 0 Å². The second kappa shape index (κ2) is 73.9. The van der Waals surface area contributed by atoms with Gasteiger partial charge in [0.05, 0.1) is 13.2 Å². The number of hydrogen-bond acceptors (Lipinski definition) is 5. The Balaban J connectivity index is 5.04. The van der Waals surface area contributed by atoms with E-state index in [9.17, 15) is 0 Å². The lowest BCUT2D eigenvalue weighted by Crippen LogP contribution is -2.46. The highest BCUT2D eigenvalue weighted by molar-refractivity contribution is 4.83. The SMILES string of the molecule is CCCCCCCC/C=C\CCCCCCCCOCC(OCCCCCCCC/C=C\CCCCCCCC)C(NOCCCCCCCC/C=C\CCCCCCCC)OCCCCCCCC/C=C\CCCCCCCC. The standard InChI is InChI=1S/C75H145NO4/c1-5-9-13-17-21-25-29-33-37-41-45-49-53-57-61-65-69-77-73-74(78-70-66-62-58-54-50-46-42-38-34-30-26-22-18-14-10-6-2)75(79-71-67-63-59-55-51-47-43-39-35-31-27-23-19-15-11-7-3)76-80-72-68-64-60-56-52-48-44-40-36-32-28-24-20-16-12-8-4/h33-40,74-76H,5-32,41-73H2,1-4H3/b37-33-,38-34-,39-35-,40-36-. The third-order valence-electron chi connectivity index (χ3n) is 16.3. The summed E-state index contributed by atoms with van der Waals surface area (Å²) in [7, 11) is 0. The van der Waals surface area contributed by atoms with Crippen molar-refractivity contribution < 1.29 is 19.0 Å². The highest BCUT2D eigenvalue weighted by Crippen LogP contribution is 2.17. The Morgan fingerprint density at radius 3 is 0.750 bits per heavy atom. The number of nitrogens with one attached hydrogen (secondary N) is 1. The van der Waals surface area contributed by atoms with Crippen LogP contribution in [0.1, 0.15) is 387 Å². The third-order valence-corrected chi connectivity index (χ3v) is 16.3. The molecule has 2 atom stereocenters. The van der Waals surface area contributed by atoms with Crippen LogP contribution in [0.4, 0.5) is 0 Å². The van der Waals surface area contributed by atoms with Crippen LogP contribution < -0.4 is 5.48 Å². The number of ether oxygens (including phenoxy) is 3. The summed E-state index contributed by atoms with van der Waals surface area (Å²) in [6.07, 6.45) is 92.6. The lowest BCUT2D eigenvalue weighted by Gasteiger charge is -2.28. The number of hydrogen-bond donors (Lipinski definition) is 1. The molecule has 0 heterocycles. The van der Waals surface area contributed by atoms with E-state index in [1.54, 1.807) is 0 Å². The van der Waals surface area contributed by atoms with E-state index in [4.69, 9.17) is 19.0 Å². The van der Waals surface area contributed by atoms with Gasteiger partial charge in [-0.15, -0.1) is 0 Å². The zero-order chi connectivity index (χ0) is 57.5. The van der Waals surface area contributed by atoms with E-state index >= 15 is 0 Å². The van der Waals surface area contributed by atoms with Crippen molar-refractivity contribution in [2.24, 2.45) is 0 Å². The summed E-state index contributed by atoms with van der Waals surface area (Å²) in [5.74, 6) is 0. The molecular formula is C75H145NO4. The van der Waals surface area contributed by atoms with Crippen molar-refractivity contribution in [3.63, 3.8) is 0 Å². The van der Waals surface area contributed by atoms with Gasteiger partial charge in [0.1, 0.15) is 6.10 Å². The second-order valence-electron chi connectivity index (χ2n) is 24.5. The van der Waals surface area contributed by atoms with Crippen molar-refractivity contribution in [2.45, 2.75) is 400 Å². The van der Waals surface area contributed by atoms with Crippen LogP contribution in [0.5, 0.6) is 0 Å². The molecule has 0 aromatic carbocycles. The monoisotopic (exact) mass is 1120 g/mol. The first-order chi connectivity index (χ1) is 39.8. The van der Waals surface area contributed by atoms with Gasteiger partial charge in [0, 0.05) is 19.8 Å². The first-order valence-electron chi connectivity index (χ1n) is 36.6. The lowest BCUT2D eigenvalue weighted by molar-refractivity contribution is -0.169. The Bertz CT molecular complexity index is 1120. The number of hydroxylamine groups is 1. The van der Waals surface area contributed by atoms with Gasteiger partial charge in [-0.2, -0.15) is 5.48 Å². The van der Waals surface area contributed by atoms with Gasteiger partial charge < -0.3 is 14.2 Å². The van der Waals surface area contributed by atoms with Crippen molar-refractivity contribution in [1.82, 2.24) is 5.48 Å². The van der Waals surface area contributed by atoms with Gasteiger partial charge in [0.15, 0.2) is 6.23 Å². The van der Waals surface area contributed by atoms with E-state index in [1.165, 1.54) is 334 Å². The van der Waals surface area contributed by atoms with Gasteiger partial charge in [-0.3, -0.25) is 4.84 Å². The van der Waals surface area contributed by atoms with Gasteiger partial charge in [0.2, 0.25) is 0 Å². The summed E-state index contributed by atoms with van der Waals surface area (Å²) in [5.41, 5.74) is 3.39. The largest absolute Gasteiger partial charge is 0.379 e. The molecule has 0 aliphatic carbocycles. The van der Waals surface area contributed by atoms with Crippen LogP contribution in [-0.4, -0.2) is 45.4 Å². The molecule has 0 bridgehead atoms. The predicted octanol–water partition coefficient (Wildman–Crippen LogP) is 25.4. The number of allylic oxidation sites excluding steroid dienone is 8. The number of rotatable bonds is 71. The minimum absolute atomic E-state index is 0.193. The average Bonchev–Trinajstić information content (AvgIpc) is 3.47. The first kappa shape index (κ1) is 78.8. The van der Waals surface area contributed by atoms with Gasteiger partial charge in [-0.05, 0) is 128 Å². The van der Waals surface area contributed by atoms with E-state index < -0.39 is 0 Å². The van der Waals surface area contributed by atoms with E-state index in [0.717, 1.165) is 45.5 Å². The van der Waals surface area contributed by atoms with Crippen LogP contribution in [0.15, 0.2) is 48.6 Å². The fraction of sp³-hybridized carbons (Fsp3) is 0.893. The van der Waals surface area contributed by atoms with Crippen molar-refractivity contribution >= 4 is 0 Å². The summed E-state index contributed by atoms with van der Waals surface area (Å²) in [5, 5.41) is 0. The van der Waals surface area contributed by atoms with E-state index in [1.807, 2.05) is 0 Å². The Morgan fingerprint density at radius 1 is 0.237 bits per heavy atom. The van der Waals surface area contributed by atoms with Crippen molar-refractivity contribution in [2.75, 3.05) is 33.0 Å². The maximum atomic E-state index is 6.71. The first-order valence-corrected chi connectivity index (χ1v) is 36.6. The quantitative estimate of drug-likeness (QED) is 0.0285. The summed E-state index contributed by atoms with van der Waals surface area (Å²) >= 11 is 0. The molecule has 0 aliphatic rings. The zero-order valence-corrected chi connectivity index (χ0v) is 55.0. The fourth-order valence-corrected chi connectivity index (χ4v) is 10.8. The Morgan fingerprint density at radius 2 is 0.463 bits per heavy atom. The molecule has 0 radical (unpaired) electrons. The van der Waals surface area contributed by atoms with Crippen LogP contribution in [-0.2, 0) is 19.0 Å².